The molecule has 2 aromatic carbocycles. The van der Waals surface area contributed by atoms with Gasteiger partial charge in [0, 0.05) is 23.1 Å². The van der Waals surface area contributed by atoms with E-state index in [1.807, 2.05) is 0 Å². The van der Waals surface area contributed by atoms with Crippen molar-refractivity contribution in [3.8, 4) is 11.4 Å². The Labute approximate surface area is 132 Å². The third-order valence-corrected chi connectivity index (χ3v) is 3.96. The van der Waals surface area contributed by atoms with Crippen LogP contribution in [0.25, 0.3) is 22.2 Å². The molecule has 0 amide bonds. The second-order valence-electron chi connectivity index (χ2n) is 4.83. The van der Waals surface area contributed by atoms with Crippen LogP contribution in [0.1, 0.15) is 13.8 Å². The van der Waals surface area contributed by atoms with Crippen LogP contribution in [0.3, 0.4) is 0 Å². The lowest BCUT2D eigenvalue weighted by Crippen LogP contribution is -2.06. The summed E-state index contributed by atoms with van der Waals surface area (Å²) in [5.74, 6) is 1.73. The lowest BCUT2D eigenvalue weighted by Gasteiger charge is -2.08. The van der Waals surface area contributed by atoms with E-state index in [-0.39, 0.29) is 0 Å². The number of halogens is 1. The first-order chi connectivity index (χ1) is 10.2. The van der Waals surface area contributed by atoms with Crippen LogP contribution in [0.2, 0.25) is 0 Å². The number of fused-ring (bicyclic) bond motifs is 1. The number of rotatable bonds is 4. The standard InChI is InChI=1S/C16H17BrN4/c1-3-18-16-20-19-15(21(16)4-2)13-6-5-12-10-14(17)8-7-11(12)9-13/h5-10H,3-4H2,1-2H3,(H,18,20). The normalized spacial score (nSPS) is 11.0. The second kappa shape index (κ2) is 5.85. The van der Waals surface area contributed by atoms with Gasteiger partial charge in [-0.3, -0.25) is 4.57 Å². The Morgan fingerprint density at radius 1 is 1.05 bits per heavy atom. The van der Waals surface area contributed by atoms with Crippen molar-refractivity contribution in [2.24, 2.45) is 0 Å². The van der Waals surface area contributed by atoms with E-state index < -0.39 is 0 Å². The zero-order valence-corrected chi connectivity index (χ0v) is 13.7. The van der Waals surface area contributed by atoms with Crippen molar-refractivity contribution in [2.45, 2.75) is 20.4 Å². The zero-order valence-electron chi connectivity index (χ0n) is 12.1. The summed E-state index contributed by atoms with van der Waals surface area (Å²) in [7, 11) is 0. The van der Waals surface area contributed by atoms with Crippen LogP contribution in [0, 0.1) is 0 Å². The van der Waals surface area contributed by atoms with Crippen molar-refractivity contribution < 1.29 is 0 Å². The van der Waals surface area contributed by atoms with Crippen molar-refractivity contribution in [1.29, 1.82) is 0 Å². The first kappa shape index (κ1) is 14.1. The molecule has 0 aliphatic carbocycles. The predicted octanol–water partition coefficient (Wildman–Crippen LogP) is 4.31. The third kappa shape index (κ3) is 2.65. The van der Waals surface area contributed by atoms with Gasteiger partial charge in [0.25, 0.3) is 0 Å². The van der Waals surface area contributed by atoms with Gasteiger partial charge in [-0.25, -0.2) is 0 Å². The zero-order chi connectivity index (χ0) is 14.8. The maximum Gasteiger partial charge on any atom is 0.224 e. The number of hydrogen-bond donors (Lipinski definition) is 1. The number of hydrogen-bond acceptors (Lipinski definition) is 3. The minimum Gasteiger partial charge on any atom is -0.355 e. The fourth-order valence-electron chi connectivity index (χ4n) is 2.46. The van der Waals surface area contributed by atoms with Crippen LogP contribution in [-0.4, -0.2) is 21.3 Å². The SMILES string of the molecule is CCNc1nnc(-c2ccc3cc(Br)ccc3c2)n1CC. The van der Waals surface area contributed by atoms with Crippen molar-refractivity contribution in [1.82, 2.24) is 14.8 Å². The molecule has 0 aliphatic heterocycles. The lowest BCUT2D eigenvalue weighted by atomic mass is 10.1. The molecule has 0 unspecified atom stereocenters. The fraction of sp³-hybridized carbons (Fsp3) is 0.250. The molecule has 0 saturated heterocycles. The average molecular weight is 345 g/mol. The Bertz CT molecular complexity index is 779. The van der Waals surface area contributed by atoms with Crippen molar-refractivity contribution in [3.63, 3.8) is 0 Å². The minimum atomic E-state index is 0.825. The maximum atomic E-state index is 4.34. The highest BCUT2D eigenvalue weighted by atomic mass is 79.9. The molecule has 3 aromatic rings. The van der Waals surface area contributed by atoms with Gasteiger partial charge in [-0.15, -0.1) is 10.2 Å². The Hall–Kier alpha value is -1.88. The van der Waals surface area contributed by atoms with Gasteiger partial charge in [-0.1, -0.05) is 34.1 Å². The Morgan fingerprint density at radius 2 is 1.81 bits per heavy atom. The highest BCUT2D eigenvalue weighted by Gasteiger charge is 2.12. The van der Waals surface area contributed by atoms with E-state index in [0.29, 0.717) is 0 Å². The monoisotopic (exact) mass is 344 g/mol. The fourth-order valence-corrected chi connectivity index (χ4v) is 2.84. The number of aromatic nitrogens is 3. The molecule has 0 atom stereocenters. The third-order valence-electron chi connectivity index (χ3n) is 3.46. The van der Waals surface area contributed by atoms with Crippen LogP contribution < -0.4 is 5.32 Å². The Balaban J connectivity index is 2.09. The van der Waals surface area contributed by atoms with Crippen LogP contribution >= 0.6 is 15.9 Å². The number of benzene rings is 2. The van der Waals surface area contributed by atoms with E-state index in [9.17, 15) is 0 Å². The number of nitrogens with zero attached hydrogens (tertiary/aromatic N) is 3. The van der Waals surface area contributed by atoms with Crippen molar-refractivity contribution >= 4 is 32.7 Å². The largest absolute Gasteiger partial charge is 0.355 e. The van der Waals surface area contributed by atoms with Crippen LogP contribution in [0.5, 0.6) is 0 Å². The molecule has 0 aliphatic rings. The summed E-state index contributed by atoms with van der Waals surface area (Å²) >= 11 is 3.50. The van der Waals surface area contributed by atoms with E-state index in [2.05, 4.69) is 86.3 Å². The molecule has 0 saturated carbocycles. The van der Waals surface area contributed by atoms with E-state index in [0.717, 1.165) is 34.9 Å². The first-order valence-corrected chi connectivity index (χ1v) is 7.89. The summed E-state index contributed by atoms with van der Waals surface area (Å²) in [4.78, 5) is 0. The van der Waals surface area contributed by atoms with Crippen LogP contribution in [0.15, 0.2) is 40.9 Å². The highest BCUT2D eigenvalue weighted by Crippen LogP contribution is 2.26. The van der Waals surface area contributed by atoms with E-state index in [1.54, 1.807) is 0 Å². The van der Waals surface area contributed by atoms with Gasteiger partial charge in [0.1, 0.15) is 0 Å². The van der Waals surface area contributed by atoms with Gasteiger partial charge in [-0.2, -0.15) is 0 Å². The molecule has 1 aromatic heterocycles. The average Bonchev–Trinajstić information content (AvgIpc) is 2.90. The molecule has 4 nitrogen and oxygen atoms in total. The van der Waals surface area contributed by atoms with Crippen LogP contribution in [0.4, 0.5) is 5.95 Å². The summed E-state index contributed by atoms with van der Waals surface area (Å²) in [5.41, 5.74) is 1.09. The molecule has 0 bridgehead atoms. The molecular weight excluding hydrogens is 328 g/mol. The van der Waals surface area contributed by atoms with E-state index >= 15 is 0 Å². The molecule has 21 heavy (non-hydrogen) atoms. The van der Waals surface area contributed by atoms with Crippen LogP contribution in [-0.2, 0) is 6.54 Å². The molecule has 3 rings (SSSR count). The van der Waals surface area contributed by atoms with E-state index in [4.69, 9.17) is 0 Å². The molecule has 108 valence electrons. The summed E-state index contributed by atoms with van der Waals surface area (Å²) < 4.78 is 3.19. The molecule has 0 radical (unpaired) electrons. The Kier molecular flexibility index (Phi) is 3.92. The summed E-state index contributed by atoms with van der Waals surface area (Å²) in [6, 6.07) is 12.7. The Morgan fingerprint density at radius 3 is 2.57 bits per heavy atom. The van der Waals surface area contributed by atoms with Gasteiger partial charge in [0.15, 0.2) is 5.82 Å². The quantitative estimate of drug-likeness (QED) is 0.766. The molecular formula is C16H17BrN4. The van der Waals surface area contributed by atoms with Gasteiger partial charge >= 0.3 is 0 Å². The summed E-state index contributed by atoms with van der Waals surface area (Å²) in [5, 5.41) is 14.2. The highest BCUT2D eigenvalue weighted by molar-refractivity contribution is 9.10. The second-order valence-corrected chi connectivity index (χ2v) is 5.74. The maximum absolute atomic E-state index is 4.34. The molecule has 5 heteroatoms. The van der Waals surface area contributed by atoms with E-state index in [1.165, 1.54) is 10.8 Å². The lowest BCUT2D eigenvalue weighted by molar-refractivity contribution is 0.770. The van der Waals surface area contributed by atoms with Gasteiger partial charge in [0.05, 0.1) is 0 Å². The number of anilines is 1. The molecule has 1 N–H and O–H groups in total. The van der Waals surface area contributed by atoms with Crippen molar-refractivity contribution in [2.75, 3.05) is 11.9 Å². The van der Waals surface area contributed by atoms with Gasteiger partial charge < -0.3 is 5.32 Å². The summed E-state index contributed by atoms with van der Waals surface area (Å²) in [6.07, 6.45) is 0. The molecule has 0 spiro atoms. The van der Waals surface area contributed by atoms with Gasteiger partial charge in [0.2, 0.25) is 5.95 Å². The predicted molar refractivity (Wildman–Crippen MR) is 90.5 cm³/mol. The van der Waals surface area contributed by atoms with Gasteiger partial charge in [-0.05, 0) is 42.8 Å². The molecule has 1 heterocycles. The summed E-state index contributed by atoms with van der Waals surface area (Å²) in [6.45, 7) is 5.83. The topological polar surface area (TPSA) is 42.7 Å². The minimum absolute atomic E-state index is 0.825. The molecule has 0 fully saturated rings. The smallest absolute Gasteiger partial charge is 0.224 e. The van der Waals surface area contributed by atoms with Crippen molar-refractivity contribution in [3.05, 3.63) is 40.9 Å². The first-order valence-electron chi connectivity index (χ1n) is 7.09. The number of nitrogens with one attached hydrogen (secondary N) is 1.